The summed E-state index contributed by atoms with van der Waals surface area (Å²) >= 11 is 5.69. The van der Waals surface area contributed by atoms with Gasteiger partial charge in [0.15, 0.2) is 11.0 Å². The van der Waals surface area contributed by atoms with Crippen LogP contribution < -0.4 is 10.6 Å². The molecule has 1 fully saturated rings. The molecule has 0 radical (unpaired) electrons. The normalized spacial score (nSPS) is 23.1. The van der Waals surface area contributed by atoms with E-state index in [1.54, 1.807) is 6.07 Å². The summed E-state index contributed by atoms with van der Waals surface area (Å²) in [5.74, 6) is 1.45. The molecule has 2 heterocycles. The van der Waals surface area contributed by atoms with Gasteiger partial charge in [0, 0.05) is 19.1 Å². The van der Waals surface area contributed by atoms with Crippen molar-refractivity contribution in [1.82, 2.24) is 10.2 Å². The summed E-state index contributed by atoms with van der Waals surface area (Å²) < 4.78 is 0. The Morgan fingerprint density at radius 1 is 1.53 bits per heavy atom. The van der Waals surface area contributed by atoms with Crippen LogP contribution in [0.3, 0.4) is 0 Å². The SMILES string of the molecule is CC(N)C1CCN(c2ccc(Cl)nn2)C1. The lowest BCUT2D eigenvalue weighted by Gasteiger charge is -2.18. The minimum Gasteiger partial charge on any atom is -0.355 e. The van der Waals surface area contributed by atoms with Crippen LogP contribution in [-0.2, 0) is 0 Å². The summed E-state index contributed by atoms with van der Waals surface area (Å²) in [5.41, 5.74) is 5.88. The lowest BCUT2D eigenvalue weighted by Crippen LogP contribution is -2.30. The molecule has 0 aliphatic carbocycles. The Bertz CT molecular complexity index is 325. The monoisotopic (exact) mass is 226 g/mol. The fourth-order valence-corrected chi connectivity index (χ4v) is 2.00. The third-order valence-electron chi connectivity index (χ3n) is 2.91. The molecule has 0 aromatic carbocycles. The van der Waals surface area contributed by atoms with E-state index in [1.165, 1.54) is 0 Å². The largest absolute Gasteiger partial charge is 0.355 e. The summed E-state index contributed by atoms with van der Waals surface area (Å²) in [5, 5.41) is 8.33. The zero-order valence-corrected chi connectivity index (χ0v) is 9.48. The second-order valence-electron chi connectivity index (χ2n) is 4.07. The van der Waals surface area contributed by atoms with E-state index in [0.29, 0.717) is 11.1 Å². The first-order chi connectivity index (χ1) is 7.16. The van der Waals surface area contributed by atoms with E-state index in [-0.39, 0.29) is 6.04 Å². The maximum atomic E-state index is 5.88. The number of anilines is 1. The second kappa shape index (κ2) is 4.33. The Hall–Kier alpha value is -0.870. The number of halogens is 1. The van der Waals surface area contributed by atoms with E-state index in [9.17, 15) is 0 Å². The van der Waals surface area contributed by atoms with Gasteiger partial charge in [0.05, 0.1) is 0 Å². The van der Waals surface area contributed by atoms with Crippen molar-refractivity contribution < 1.29 is 0 Å². The topological polar surface area (TPSA) is 55.0 Å². The van der Waals surface area contributed by atoms with Gasteiger partial charge in [0.1, 0.15) is 0 Å². The van der Waals surface area contributed by atoms with E-state index in [1.807, 2.05) is 6.07 Å². The lowest BCUT2D eigenvalue weighted by molar-refractivity contribution is 0.488. The average molecular weight is 227 g/mol. The molecule has 0 spiro atoms. The van der Waals surface area contributed by atoms with Crippen molar-refractivity contribution in [2.45, 2.75) is 19.4 Å². The van der Waals surface area contributed by atoms with Crippen LogP contribution in [0.5, 0.6) is 0 Å². The molecule has 1 saturated heterocycles. The number of aromatic nitrogens is 2. The number of nitrogens with zero attached hydrogens (tertiary/aromatic N) is 3. The van der Waals surface area contributed by atoms with Crippen LogP contribution in [0.25, 0.3) is 0 Å². The van der Waals surface area contributed by atoms with Crippen LogP contribution in [0, 0.1) is 5.92 Å². The molecule has 1 aliphatic rings. The minimum atomic E-state index is 0.246. The molecule has 0 bridgehead atoms. The highest BCUT2D eigenvalue weighted by Crippen LogP contribution is 2.23. The van der Waals surface area contributed by atoms with E-state index >= 15 is 0 Å². The van der Waals surface area contributed by atoms with Gasteiger partial charge in [-0.1, -0.05) is 11.6 Å². The Morgan fingerprint density at radius 3 is 2.87 bits per heavy atom. The Labute approximate surface area is 94.4 Å². The van der Waals surface area contributed by atoms with Crippen molar-refractivity contribution in [3.63, 3.8) is 0 Å². The highest BCUT2D eigenvalue weighted by molar-refractivity contribution is 6.29. The quantitative estimate of drug-likeness (QED) is 0.826. The van der Waals surface area contributed by atoms with Crippen LogP contribution in [-0.4, -0.2) is 29.3 Å². The van der Waals surface area contributed by atoms with Crippen LogP contribution in [0.15, 0.2) is 12.1 Å². The molecule has 1 aromatic rings. The zero-order valence-electron chi connectivity index (χ0n) is 8.73. The molecule has 4 nitrogen and oxygen atoms in total. The van der Waals surface area contributed by atoms with Crippen molar-refractivity contribution in [1.29, 1.82) is 0 Å². The smallest absolute Gasteiger partial charge is 0.151 e. The molecule has 5 heteroatoms. The number of hydrogen-bond acceptors (Lipinski definition) is 4. The van der Waals surface area contributed by atoms with Gasteiger partial charge in [-0.3, -0.25) is 0 Å². The minimum absolute atomic E-state index is 0.246. The van der Waals surface area contributed by atoms with E-state index < -0.39 is 0 Å². The van der Waals surface area contributed by atoms with E-state index in [4.69, 9.17) is 17.3 Å². The molecule has 2 rings (SSSR count). The van der Waals surface area contributed by atoms with Gasteiger partial charge in [-0.15, -0.1) is 10.2 Å². The maximum absolute atomic E-state index is 5.88. The van der Waals surface area contributed by atoms with Crippen LogP contribution in [0.1, 0.15) is 13.3 Å². The third-order valence-corrected chi connectivity index (χ3v) is 3.11. The highest BCUT2D eigenvalue weighted by atomic mass is 35.5. The Kier molecular flexibility index (Phi) is 3.07. The van der Waals surface area contributed by atoms with Crippen molar-refractivity contribution in [3.8, 4) is 0 Å². The molecule has 1 aliphatic heterocycles. The van der Waals surface area contributed by atoms with Crippen molar-refractivity contribution in [3.05, 3.63) is 17.3 Å². The van der Waals surface area contributed by atoms with Gasteiger partial charge in [-0.05, 0) is 31.4 Å². The van der Waals surface area contributed by atoms with Gasteiger partial charge < -0.3 is 10.6 Å². The second-order valence-corrected chi connectivity index (χ2v) is 4.46. The zero-order chi connectivity index (χ0) is 10.8. The van der Waals surface area contributed by atoms with Gasteiger partial charge in [-0.25, -0.2) is 0 Å². The van der Waals surface area contributed by atoms with Crippen molar-refractivity contribution >= 4 is 17.4 Å². The standard InChI is InChI=1S/C10H15ClN4/c1-7(12)8-4-5-15(6-8)10-3-2-9(11)13-14-10/h2-3,7-8H,4-6,12H2,1H3. The first-order valence-electron chi connectivity index (χ1n) is 5.16. The number of hydrogen-bond donors (Lipinski definition) is 1. The first-order valence-corrected chi connectivity index (χ1v) is 5.54. The summed E-state index contributed by atoms with van der Waals surface area (Å²) in [6, 6.07) is 3.91. The molecule has 1 aromatic heterocycles. The molecule has 2 unspecified atom stereocenters. The molecular weight excluding hydrogens is 212 g/mol. The average Bonchev–Trinajstić information content (AvgIpc) is 2.68. The molecule has 82 valence electrons. The van der Waals surface area contributed by atoms with Gasteiger partial charge >= 0.3 is 0 Å². The summed E-state index contributed by atoms with van der Waals surface area (Å²) in [4.78, 5) is 2.21. The predicted octanol–water partition coefficient (Wildman–Crippen LogP) is 1.30. The van der Waals surface area contributed by atoms with Crippen molar-refractivity contribution in [2.24, 2.45) is 11.7 Å². The molecular formula is C10H15ClN4. The number of rotatable bonds is 2. The number of nitrogens with two attached hydrogens (primary N) is 1. The predicted molar refractivity (Wildman–Crippen MR) is 61.0 cm³/mol. The Balaban J connectivity index is 2.04. The summed E-state index contributed by atoms with van der Waals surface area (Å²) in [6.45, 7) is 4.03. The van der Waals surface area contributed by atoms with Crippen LogP contribution in [0.4, 0.5) is 5.82 Å². The lowest BCUT2D eigenvalue weighted by atomic mass is 10.0. The molecule has 2 atom stereocenters. The maximum Gasteiger partial charge on any atom is 0.151 e. The van der Waals surface area contributed by atoms with Gasteiger partial charge in [0.25, 0.3) is 0 Å². The Morgan fingerprint density at radius 2 is 2.33 bits per heavy atom. The first kappa shape index (κ1) is 10.6. The summed E-state index contributed by atoms with van der Waals surface area (Å²) in [6.07, 6.45) is 1.13. The van der Waals surface area contributed by atoms with Gasteiger partial charge in [0.2, 0.25) is 0 Å². The fraction of sp³-hybridized carbons (Fsp3) is 0.600. The molecule has 0 saturated carbocycles. The molecule has 15 heavy (non-hydrogen) atoms. The fourth-order valence-electron chi connectivity index (χ4n) is 1.90. The highest BCUT2D eigenvalue weighted by Gasteiger charge is 2.25. The van der Waals surface area contributed by atoms with Crippen LogP contribution in [0.2, 0.25) is 5.15 Å². The molecule has 0 amide bonds. The van der Waals surface area contributed by atoms with Crippen molar-refractivity contribution in [2.75, 3.05) is 18.0 Å². The molecule has 2 N–H and O–H groups in total. The third kappa shape index (κ3) is 2.38. The van der Waals surface area contributed by atoms with E-state index in [2.05, 4.69) is 22.0 Å². The summed E-state index contributed by atoms with van der Waals surface area (Å²) in [7, 11) is 0. The van der Waals surface area contributed by atoms with Gasteiger partial charge in [-0.2, -0.15) is 0 Å². The van der Waals surface area contributed by atoms with E-state index in [0.717, 1.165) is 25.3 Å². The van der Waals surface area contributed by atoms with Crippen LogP contribution >= 0.6 is 11.6 Å².